The molecule has 0 atom stereocenters. The molecule has 2 fully saturated rings. The topological polar surface area (TPSA) is 45.7 Å². The van der Waals surface area contributed by atoms with Crippen molar-refractivity contribution >= 4 is 17.2 Å². The smallest absolute Gasteiger partial charge is 0.406 e. The number of rotatable bonds is 4. The van der Waals surface area contributed by atoms with Crippen molar-refractivity contribution in [2.75, 3.05) is 26.2 Å². The highest BCUT2D eigenvalue weighted by molar-refractivity contribution is 7.17. The van der Waals surface area contributed by atoms with E-state index < -0.39 is 6.36 Å². The van der Waals surface area contributed by atoms with Crippen LogP contribution in [0.4, 0.5) is 13.2 Å². The van der Waals surface area contributed by atoms with Crippen molar-refractivity contribution < 1.29 is 22.7 Å². The zero-order valence-electron chi connectivity index (χ0n) is 16.7. The quantitative estimate of drug-likeness (QED) is 0.692. The van der Waals surface area contributed by atoms with Gasteiger partial charge in [-0.15, -0.1) is 24.5 Å². The maximum Gasteiger partial charge on any atom is 0.573 e. The van der Waals surface area contributed by atoms with Crippen LogP contribution in [0.25, 0.3) is 10.6 Å². The van der Waals surface area contributed by atoms with Gasteiger partial charge in [0.2, 0.25) is 0 Å². The minimum absolute atomic E-state index is 0.0145. The van der Waals surface area contributed by atoms with Crippen molar-refractivity contribution in [1.29, 1.82) is 0 Å². The molecule has 30 heavy (non-hydrogen) atoms. The van der Waals surface area contributed by atoms with Crippen molar-refractivity contribution in [3.63, 3.8) is 0 Å². The molecular weight excluding hydrogens is 415 g/mol. The van der Waals surface area contributed by atoms with E-state index in [1.807, 2.05) is 4.90 Å². The summed E-state index contributed by atoms with van der Waals surface area (Å²) in [7, 11) is 0. The monoisotopic (exact) mass is 439 g/mol. The Morgan fingerprint density at radius 1 is 1.10 bits per heavy atom. The number of aromatic nitrogens is 1. The molecule has 162 valence electrons. The maximum atomic E-state index is 13.0. The fourth-order valence-electron chi connectivity index (χ4n) is 4.22. The van der Waals surface area contributed by atoms with Crippen LogP contribution in [0.2, 0.25) is 0 Å². The second kappa shape index (κ2) is 8.55. The second-order valence-corrected chi connectivity index (χ2v) is 8.77. The number of carbonyl (C=O) groups excluding carboxylic acids is 1. The number of nitrogens with zero attached hydrogens (tertiary/aromatic N) is 3. The van der Waals surface area contributed by atoms with Gasteiger partial charge in [0.05, 0.1) is 5.69 Å². The molecule has 4 rings (SSSR count). The normalized spacial score (nSPS) is 18.7. The van der Waals surface area contributed by atoms with Gasteiger partial charge in [-0.25, -0.2) is 4.98 Å². The standard InChI is InChI=1S/C21H24F3N3O2S/c1-14-18(20(28)27-12-10-26(11-13-27)16-4-2-3-5-16)30-19(25-14)15-6-8-17(9-7-15)29-21(22,23)24/h6-9,16H,2-5,10-13H2,1H3. The third-order valence-electron chi connectivity index (χ3n) is 5.77. The van der Waals surface area contributed by atoms with Crippen LogP contribution in [-0.4, -0.2) is 59.3 Å². The van der Waals surface area contributed by atoms with E-state index in [-0.39, 0.29) is 11.7 Å². The van der Waals surface area contributed by atoms with Gasteiger partial charge in [0.15, 0.2) is 0 Å². The summed E-state index contributed by atoms with van der Waals surface area (Å²) in [5.41, 5.74) is 1.30. The van der Waals surface area contributed by atoms with E-state index in [1.54, 1.807) is 6.92 Å². The van der Waals surface area contributed by atoms with Crippen LogP contribution in [0.5, 0.6) is 5.75 Å². The predicted octanol–water partition coefficient (Wildman–Crippen LogP) is 4.72. The molecular formula is C21H24F3N3O2S. The van der Waals surface area contributed by atoms with E-state index in [2.05, 4.69) is 14.6 Å². The van der Waals surface area contributed by atoms with Crippen molar-refractivity contribution in [3.8, 4) is 16.3 Å². The lowest BCUT2D eigenvalue weighted by molar-refractivity contribution is -0.274. The molecule has 0 N–H and O–H groups in total. The molecule has 1 aliphatic carbocycles. The summed E-state index contributed by atoms with van der Waals surface area (Å²) in [4.78, 5) is 22.5. The van der Waals surface area contributed by atoms with Crippen LogP contribution in [-0.2, 0) is 0 Å². The number of carbonyl (C=O) groups is 1. The number of halogens is 3. The summed E-state index contributed by atoms with van der Waals surface area (Å²) in [5.74, 6) is -0.296. The summed E-state index contributed by atoms with van der Waals surface area (Å²) >= 11 is 1.28. The molecule has 1 aromatic heterocycles. The Balaban J connectivity index is 1.41. The molecule has 2 heterocycles. The van der Waals surface area contributed by atoms with Gasteiger partial charge in [-0.1, -0.05) is 12.8 Å². The van der Waals surface area contributed by atoms with Gasteiger partial charge in [-0.3, -0.25) is 9.69 Å². The van der Waals surface area contributed by atoms with Crippen LogP contribution in [0, 0.1) is 6.92 Å². The molecule has 2 aromatic rings. The highest BCUT2D eigenvalue weighted by Crippen LogP contribution is 2.32. The Bertz CT molecular complexity index is 884. The van der Waals surface area contributed by atoms with Gasteiger partial charge < -0.3 is 9.64 Å². The zero-order chi connectivity index (χ0) is 21.3. The minimum atomic E-state index is -4.72. The molecule has 9 heteroatoms. The maximum absolute atomic E-state index is 13.0. The van der Waals surface area contributed by atoms with E-state index in [0.29, 0.717) is 40.3 Å². The summed E-state index contributed by atoms with van der Waals surface area (Å²) in [6.07, 6.45) is 0.405. The fourth-order valence-corrected chi connectivity index (χ4v) is 5.26. The van der Waals surface area contributed by atoms with E-state index in [9.17, 15) is 18.0 Å². The lowest BCUT2D eigenvalue weighted by Gasteiger charge is -2.37. The Morgan fingerprint density at radius 2 is 1.73 bits per heavy atom. The molecule has 0 spiro atoms. The van der Waals surface area contributed by atoms with E-state index >= 15 is 0 Å². The number of alkyl halides is 3. The van der Waals surface area contributed by atoms with Gasteiger partial charge in [0, 0.05) is 37.8 Å². The average Bonchev–Trinajstić information content (AvgIpc) is 3.37. The van der Waals surface area contributed by atoms with Crippen LogP contribution >= 0.6 is 11.3 Å². The van der Waals surface area contributed by atoms with E-state index in [1.165, 1.54) is 61.3 Å². The van der Waals surface area contributed by atoms with Crippen LogP contribution in [0.15, 0.2) is 24.3 Å². The molecule has 0 unspecified atom stereocenters. The summed E-state index contributed by atoms with van der Waals surface area (Å²) in [5, 5.41) is 0.610. The molecule has 2 aliphatic rings. The van der Waals surface area contributed by atoms with Crippen LogP contribution < -0.4 is 4.74 Å². The third kappa shape index (κ3) is 4.78. The second-order valence-electron chi connectivity index (χ2n) is 7.77. The number of piperazine rings is 1. The zero-order valence-corrected chi connectivity index (χ0v) is 17.6. The first-order valence-electron chi connectivity index (χ1n) is 10.2. The number of benzene rings is 1. The third-order valence-corrected chi connectivity index (χ3v) is 6.96. The molecule has 1 amide bonds. The Hall–Kier alpha value is -2.13. The number of amides is 1. The number of thiazole rings is 1. The van der Waals surface area contributed by atoms with Crippen LogP contribution in [0.1, 0.15) is 41.0 Å². The van der Waals surface area contributed by atoms with E-state index in [0.717, 1.165) is 13.1 Å². The SMILES string of the molecule is Cc1nc(-c2ccc(OC(F)(F)F)cc2)sc1C(=O)N1CCN(C2CCCC2)CC1. The first-order valence-corrected chi connectivity index (χ1v) is 11.0. The lowest BCUT2D eigenvalue weighted by atomic mass is 10.1. The molecule has 5 nitrogen and oxygen atoms in total. The highest BCUT2D eigenvalue weighted by atomic mass is 32.1. The van der Waals surface area contributed by atoms with Gasteiger partial charge in [0.25, 0.3) is 5.91 Å². The Kier molecular flexibility index (Phi) is 6.02. The van der Waals surface area contributed by atoms with Gasteiger partial charge in [-0.05, 0) is 44.0 Å². The van der Waals surface area contributed by atoms with Gasteiger partial charge >= 0.3 is 6.36 Å². The first-order chi connectivity index (χ1) is 14.3. The van der Waals surface area contributed by atoms with Crippen molar-refractivity contribution in [2.24, 2.45) is 0 Å². The summed E-state index contributed by atoms with van der Waals surface area (Å²) in [6.45, 7) is 5.03. The van der Waals surface area contributed by atoms with Gasteiger partial charge in [-0.2, -0.15) is 0 Å². The number of aryl methyl sites for hydroxylation is 1. The molecule has 1 saturated carbocycles. The molecule has 1 aliphatic heterocycles. The summed E-state index contributed by atoms with van der Waals surface area (Å²) in [6, 6.07) is 6.22. The average molecular weight is 440 g/mol. The minimum Gasteiger partial charge on any atom is -0.406 e. The van der Waals surface area contributed by atoms with Crippen molar-refractivity contribution in [1.82, 2.24) is 14.8 Å². The van der Waals surface area contributed by atoms with Crippen molar-refractivity contribution in [2.45, 2.75) is 45.0 Å². The lowest BCUT2D eigenvalue weighted by Crippen LogP contribution is -2.51. The predicted molar refractivity (Wildman–Crippen MR) is 109 cm³/mol. The Labute approximate surface area is 177 Å². The fraction of sp³-hybridized carbons (Fsp3) is 0.524. The Morgan fingerprint density at radius 3 is 2.33 bits per heavy atom. The largest absolute Gasteiger partial charge is 0.573 e. The number of hydrogen-bond donors (Lipinski definition) is 0. The first kappa shape index (κ1) is 21.1. The number of hydrogen-bond acceptors (Lipinski definition) is 5. The molecule has 0 radical (unpaired) electrons. The van der Waals surface area contributed by atoms with E-state index in [4.69, 9.17) is 0 Å². The van der Waals surface area contributed by atoms with Crippen molar-refractivity contribution in [3.05, 3.63) is 34.8 Å². The summed E-state index contributed by atoms with van der Waals surface area (Å²) < 4.78 is 40.9. The van der Waals surface area contributed by atoms with Crippen LogP contribution in [0.3, 0.4) is 0 Å². The highest BCUT2D eigenvalue weighted by Gasteiger charge is 2.31. The molecule has 1 aromatic carbocycles. The molecule has 1 saturated heterocycles. The van der Waals surface area contributed by atoms with Gasteiger partial charge in [0.1, 0.15) is 15.6 Å². The number of ether oxygens (including phenoxy) is 1. The molecule has 0 bridgehead atoms.